The molecular weight excluding hydrogens is 207 g/mol. The van der Waals surface area contributed by atoms with E-state index < -0.39 is 5.82 Å². The van der Waals surface area contributed by atoms with Gasteiger partial charge in [-0.2, -0.15) is 0 Å². The molecule has 0 aromatic heterocycles. The fourth-order valence-electron chi connectivity index (χ4n) is 1.38. The van der Waals surface area contributed by atoms with Crippen LogP contribution in [0.2, 0.25) is 0 Å². The van der Waals surface area contributed by atoms with Crippen molar-refractivity contribution in [1.82, 2.24) is 4.90 Å². The number of nitrogens with zero attached hydrogens (tertiary/aromatic N) is 1. The van der Waals surface area contributed by atoms with Gasteiger partial charge in [0.25, 0.3) is 5.91 Å². The van der Waals surface area contributed by atoms with Crippen molar-refractivity contribution in [2.45, 2.75) is 26.3 Å². The van der Waals surface area contributed by atoms with Crippen LogP contribution in [-0.4, -0.2) is 23.9 Å². The highest BCUT2D eigenvalue weighted by Crippen LogP contribution is 2.16. The first-order valence-electron chi connectivity index (χ1n) is 5.29. The second kappa shape index (κ2) is 4.96. The molecule has 0 spiro atoms. The number of rotatable bonds is 3. The van der Waals surface area contributed by atoms with Crippen molar-refractivity contribution in [2.75, 3.05) is 12.8 Å². The fourth-order valence-corrected chi connectivity index (χ4v) is 1.38. The summed E-state index contributed by atoms with van der Waals surface area (Å²) in [5.41, 5.74) is 6.19. The standard InChI is InChI=1S/C12H17FN2O/c1-4-8(2)15(3)12(16)10-7-9(13)5-6-11(10)14/h5-8H,4,14H2,1-3H3. The highest BCUT2D eigenvalue weighted by Gasteiger charge is 2.18. The monoisotopic (exact) mass is 224 g/mol. The molecule has 0 radical (unpaired) electrons. The zero-order valence-electron chi connectivity index (χ0n) is 9.83. The molecule has 1 aromatic rings. The van der Waals surface area contributed by atoms with Crippen LogP contribution in [0.15, 0.2) is 18.2 Å². The lowest BCUT2D eigenvalue weighted by molar-refractivity contribution is 0.0741. The van der Waals surface area contributed by atoms with E-state index in [9.17, 15) is 9.18 Å². The SMILES string of the molecule is CCC(C)N(C)C(=O)c1cc(F)ccc1N. The minimum absolute atomic E-state index is 0.107. The number of anilines is 1. The molecule has 0 aliphatic carbocycles. The number of hydrogen-bond donors (Lipinski definition) is 1. The lowest BCUT2D eigenvalue weighted by Gasteiger charge is -2.24. The molecule has 3 nitrogen and oxygen atoms in total. The third-order valence-electron chi connectivity index (χ3n) is 2.82. The molecule has 0 heterocycles. The van der Waals surface area contributed by atoms with Crippen molar-refractivity contribution in [1.29, 1.82) is 0 Å². The number of benzene rings is 1. The average molecular weight is 224 g/mol. The summed E-state index contributed by atoms with van der Waals surface area (Å²) in [7, 11) is 1.70. The normalized spacial score (nSPS) is 12.2. The summed E-state index contributed by atoms with van der Waals surface area (Å²) in [6.07, 6.45) is 0.845. The molecule has 1 atom stereocenters. The van der Waals surface area contributed by atoms with Crippen molar-refractivity contribution in [2.24, 2.45) is 0 Å². The van der Waals surface area contributed by atoms with E-state index in [1.54, 1.807) is 11.9 Å². The molecule has 0 aliphatic heterocycles. The molecule has 0 bridgehead atoms. The summed E-state index contributed by atoms with van der Waals surface area (Å²) in [5.74, 6) is -0.693. The van der Waals surface area contributed by atoms with Gasteiger partial charge in [-0.25, -0.2) is 4.39 Å². The number of halogens is 1. The Labute approximate surface area is 95.0 Å². The zero-order chi connectivity index (χ0) is 12.3. The molecule has 0 aliphatic rings. The third-order valence-corrected chi connectivity index (χ3v) is 2.82. The van der Waals surface area contributed by atoms with Crippen LogP contribution >= 0.6 is 0 Å². The average Bonchev–Trinajstić information content (AvgIpc) is 2.29. The summed E-state index contributed by atoms with van der Waals surface area (Å²) in [5, 5.41) is 0. The smallest absolute Gasteiger partial charge is 0.256 e. The van der Waals surface area contributed by atoms with Crippen LogP contribution in [0.5, 0.6) is 0 Å². The van der Waals surface area contributed by atoms with E-state index in [0.717, 1.165) is 6.42 Å². The Balaban J connectivity index is 3.00. The van der Waals surface area contributed by atoms with Gasteiger partial charge in [0.1, 0.15) is 5.82 Å². The van der Waals surface area contributed by atoms with Gasteiger partial charge in [-0.15, -0.1) is 0 Å². The van der Waals surface area contributed by atoms with Crippen molar-refractivity contribution >= 4 is 11.6 Å². The molecule has 1 unspecified atom stereocenters. The van der Waals surface area contributed by atoms with Crippen LogP contribution in [0.3, 0.4) is 0 Å². The van der Waals surface area contributed by atoms with Gasteiger partial charge in [-0.05, 0) is 31.5 Å². The Morgan fingerprint density at radius 2 is 2.19 bits per heavy atom. The highest BCUT2D eigenvalue weighted by molar-refractivity contribution is 5.99. The van der Waals surface area contributed by atoms with E-state index in [-0.39, 0.29) is 17.5 Å². The van der Waals surface area contributed by atoms with E-state index >= 15 is 0 Å². The van der Waals surface area contributed by atoms with Crippen molar-refractivity contribution < 1.29 is 9.18 Å². The molecule has 1 aromatic carbocycles. The Bertz CT molecular complexity index is 393. The van der Waals surface area contributed by atoms with Gasteiger partial charge in [0.15, 0.2) is 0 Å². The molecule has 0 saturated carbocycles. The number of carbonyl (C=O) groups is 1. The van der Waals surface area contributed by atoms with Gasteiger partial charge >= 0.3 is 0 Å². The molecule has 88 valence electrons. The summed E-state index contributed by atoms with van der Waals surface area (Å²) >= 11 is 0. The molecule has 4 heteroatoms. The second-order valence-electron chi connectivity index (χ2n) is 3.90. The van der Waals surface area contributed by atoms with Crippen LogP contribution in [0.4, 0.5) is 10.1 Å². The number of hydrogen-bond acceptors (Lipinski definition) is 2. The largest absolute Gasteiger partial charge is 0.398 e. The van der Waals surface area contributed by atoms with Gasteiger partial charge in [0, 0.05) is 18.8 Å². The van der Waals surface area contributed by atoms with Crippen LogP contribution in [0, 0.1) is 5.82 Å². The Morgan fingerprint density at radius 1 is 1.56 bits per heavy atom. The van der Waals surface area contributed by atoms with E-state index in [2.05, 4.69) is 0 Å². The zero-order valence-corrected chi connectivity index (χ0v) is 9.83. The van der Waals surface area contributed by atoms with Gasteiger partial charge in [0.05, 0.1) is 5.56 Å². The van der Waals surface area contributed by atoms with Gasteiger partial charge in [-0.3, -0.25) is 4.79 Å². The molecule has 1 amide bonds. The summed E-state index contributed by atoms with van der Waals surface area (Å²) in [6.45, 7) is 3.93. The summed E-state index contributed by atoms with van der Waals surface area (Å²) < 4.78 is 13.0. The number of amides is 1. The maximum atomic E-state index is 13.0. The third kappa shape index (κ3) is 2.51. The Hall–Kier alpha value is -1.58. The predicted octanol–water partition coefficient (Wildman–Crippen LogP) is 2.28. The first-order chi connectivity index (χ1) is 7.47. The van der Waals surface area contributed by atoms with Crippen LogP contribution < -0.4 is 5.73 Å². The Morgan fingerprint density at radius 3 is 2.75 bits per heavy atom. The molecule has 1 rings (SSSR count). The number of nitrogens with two attached hydrogens (primary N) is 1. The van der Waals surface area contributed by atoms with Crippen LogP contribution in [-0.2, 0) is 0 Å². The number of carbonyl (C=O) groups excluding carboxylic acids is 1. The van der Waals surface area contributed by atoms with Crippen molar-refractivity contribution in [3.05, 3.63) is 29.6 Å². The second-order valence-corrected chi connectivity index (χ2v) is 3.90. The lowest BCUT2D eigenvalue weighted by Crippen LogP contribution is -2.35. The van der Waals surface area contributed by atoms with E-state index in [1.165, 1.54) is 18.2 Å². The van der Waals surface area contributed by atoms with Crippen LogP contribution in [0.1, 0.15) is 30.6 Å². The number of nitrogen functional groups attached to an aromatic ring is 1. The maximum Gasteiger partial charge on any atom is 0.256 e. The quantitative estimate of drug-likeness (QED) is 0.801. The van der Waals surface area contributed by atoms with Crippen molar-refractivity contribution in [3.63, 3.8) is 0 Å². The van der Waals surface area contributed by atoms with Gasteiger partial charge < -0.3 is 10.6 Å². The topological polar surface area (TPSA) is 46.3 Å². The lowest BCUT2D eigenvalue weighted by atomic mass is 10.1. The highest BCUT2D eigenvalue weighted by atomic mass is 19.1. The van der Waals surface area contributed by atoms with Gasteiger partial charge in [-0.1, -0.05) is 6.92 Å². The van der Waals surface area contributed by atoms with Crippen molar-refractivity contribution in [3.8, 4) is 0 Å². The first kappa shape index (κ1) is 12.5. The summed E-state index contributed by atoms with van der Waals surface area (Å²) in [6, 6.07) is 3.94. The predicted molar refractivity (Wildman–Crippen MR) is 62.7 cm³/mol. The molecular formula is C12H17FN2O. The fraction of sp³-hybridized carbons (Fsp3) is 0.417. The van der Waals surface area contributed by atoms with Crippen LogP contribution in [0.25, 0.3) is 0 Å². The minimum Gasteiger partial charge on any atom is -0.398 e. The Kier molecular flexibility index (Phi) is 3.88. The van der Waals surface area contributed by atoms with Gasteiger partial charge in [0.2, 0.25) is 0 Å². The maximum absolute atomic E-state index is 13.0. The van der Waals surface area contributed by atoms with E-state index in [0.29, 0.717) is 5.69 Å². The first-order valence-corrected chi connectivity index (χ1v) is 5.29. The minimum atomic E-state index is -0.449. The molecule has 0 fully saturated rings. The summed E-state index contributed by atoms with van der Waals surface area (Å²) in [4.78, 5) is 13.6. The molecule has 2 N–H and O–H groups in total. The van der Waals surface area contributed by atoms with E-state index in [1.807, 2.05) is 13.8 Å². The molecule has 0 saturated heterocycles. The van der Waals surface area contributed by atoms with E-state index in [4.69, 9.17) is 5.73 Å². The molecule has 16 heavy (non-hydrogen) atoms.